The Kier molecular flexibility index (Phi) is 5.57. The van der Waals surface area contributed by atoms with Gasteiger partial charge in [0.2, 0.25) is 0 Å². The molecular formula is C23H24O3. The first kappa shape index (κ1) is 18.0. The summed E-state index contributed by atoms with van der Waals surface area (Å²) in [5.74, 6) is 0.372. The number of benzene rings is 2. The molecule has 0 saturated carbocycles. The average molecular weight is 348 g/mol. The van der Waals surface area contributed by atoms with Crippen LogP contribution in [0.3, 0.4) is 0 Å². The second-order valence-corrected chi connectivity index (χ2v) is 6.60. The van der Waals surface area contributed by atoms with E-state index in [1.807, 2.05) is 49.4 Å². The van der Waals surface area contributed by atoms with E-state index < -0.39 is 5.63 Å². The summed E-state index contributed by atoms with van der Waals surface area (Å²) < 4.78 is 5.54. The molecule has 2 aromatic carbocycles. The molecule has 1 atom stereocenters. The molecule has 3 aromatic rings. The van der Waals surface area contributed by atoms with Crippen molar-refractivity contribution in [1.29, 1.82) is 0 Å². The molecule has 0 spiro atoms. The van der Waals surface area contributed by atoms with Gasteiger partial charge in [0.25, 0.3) is 0 Å². The molecular weight excluding hydrogens is 324 g/mol. The van der Waals surface area contributed by atoms with Gasteiger partial charge < -0.3 is 9.52 Å². The summed E-state index contributed by atoms with van der Waals surface area (Å²) in [5.41, 5.74) is 3.34. The lowest BCUT2D eigenvalue weighted by Crippen LogP contribution is -2.15. The Morgan fingerprint density at radius 3 is 2.35 bits per heavy atom. The van der Waals surface area contributed by atoms with E-state index in [2.05, 4.69) is 19.1 Å². The van der Waals surface area contributed by atoms with Crippen LogP contribution in [0.4, 0.5) is 0 Å². The van der Waals surface area contributed by atoms with Crippen molar-refractivity contribution >= 4 is 0 Å². The SMILES string of the molecule is CCC(c1ccccc1)c1c(O)cc(CCc2ccccc2C)oc1=O. The second-order valence-electron chi connectivity index (χ2n) is 6.60. The maximum atomic E-state index is 12.6. The monoisotopic (exact) mass is 348 g/mol. The Labute approximate surface area is 153 Å². The summed E-state index contributed by atoms with van der Waals surface area (Å²) in [4.78, 5) is 12.6. The van der Waals surface area contributed by atoms with Crippen LogP contribution >= 0.6 is 0 Å². The maximum Gasteiger partial charge on any atom is 0.343 e. The van der Waals surface area contributed by atoms with Crippen molar-refractivity contribution < 1.29 is 9.52 Å². The van der Waals surface area contributed by atoms with E-state index >= 15 is 0 Å². The van der Waals surface area contributed by atoms with Crippen LogP contribution in [0.1, 0.15) is 47.3 Å². The molecule has 3 heteroatoms. The van der Waals surface area contributed by atoms with Gasteiger partial charge in [-0.05, 0) is 36.5 Å². The molecule has 0 radical (unpaired) electrons. The van der Waals surface area contributed by atoms with E-state index in [-0.39, 0.29) is 11.7 Å². The minimum atomic E-state index is -0.444. The van der Waals surface area contributed by atoms with E-state index in [0.29, 0.717) is 24.2 Å². The van der Waals surface area contributed by atoms with E-state index in [1.54, 1.807) is 6.07 Å². The molecule has 0 aliphatic rings. The number of rotatable bonds is 6. The van der Waals surface area contributed by atoms with Crippen LogP contribution in [-0.4, -0.2) is 5.11 Å². The van der Waals surface area contributed by atoms with Gasteiger partial charge in [-0.25, -0.2) is 4.79 Å². The smallest absolute Gasteiger partial charge is 0.343 e. The molecule has 0 amide bonds. The topological polar surface area (TPSA) is 50.4 Å². The lowest BCUT2D eigenvalue weighted by Gasteiger charge is -2.16. The summed E-state index contributed by atoms with van der Waals surface area (Å²) in [6.45, 7) is 4.07. The molecule has 0 fully saturated rings. The fourth-order valence-electron chi connectivity index (χ4n) is 3.42. The highest BCUT2D eigenvalue weighted by molar-refractivity contribution is 5.40. The van der Waals surface area contributed by atoms with Crippen molar-refractivity contribution in [3.8, 4) is 5.75 Å². The highest BCUT2D eigenvalue weighted by Crippen LogP contribution is 2.31. The Hall–Kier alpha value is -2.81. The zero-order chi connectivity index (χ0) is 18.5. The predicted molar refractivity (Wildman–Crippen MR) is 104 cm³/mol. The van der Waals surface area contributed by atoms with Gasteiger partial charge in [0.15, 0.2) is 0 Å². The summed E-state index contributed by atoms with van der Waals surface area (Å²) >= 11 is 0. The van der Waals surface area contributed by atoms with Crippen molar-refractivity contribution in [3.05, 3.63) is 99.1 Å². The first-order chi connectivity index (χ1) is 12.6. The first-order valence-corrected chi connectivity index (χ1v) is 9.05. The van der Waals surface area contributed by atoms with Crippen LogP contribution in [0, 0.1) is 6.92 Å². The van der Waals surface area contributed by atoms with Crippen molar-refractivity contribution in [1.82, 2.24) is 0 Å². The molecule has 1 N–H and O–H groups in total. The molecule has 0 bridgehead atoms. The zero-order valence-electron chi connectivity index (χ0n) is 15.2. The third-order valence-electron chi connectivity index (χ3n) is 4.88. The van der Waals surface area contributed by atoms with Crippen molar-refractivity contribution in [2.75, 3.05) is 0 Å². The molecule has 0 aliphatic carbocycles. The van der Waals surface area contributed by atoms with Gasteiger partial charge in [-0.2, -0.15) is 0 Å². The highest BCUT2D eigenvalue weighted by Gasteiger charge is 2.21. The number of aryl methyl sites for hydroxylation is 3. The van der Waals surface area contributed by atoms with E-state index in [1.165, 1.54) is 11.1 Å². The Morgan fingerprint density at radius 2 is 1.69 bits per heavy atom. The fraction of sp³-hybridized carbons (Fsp3) is 0.261. The van der Waals surface area contributed by atoms with Gasteiger partial charge in [-0.3, -0.25) is 0 Å². The van der Waals surface area contributed by atoms with Gasteiger partial charge in [-0.15, -0.1) is 0 Å². The molecule has 134 valence electrons. The van der Waals surface area contributed by atoms with Crippen LogP contribution in [0.2, 0.25) is 0 Å². The lowest BCUT2D eigenvalue weighted by molar-refractivity contribution is 0.406. The molecule has 1 unspecified atom stereocenters. The van der Waals surface area contributed by atoms with E-state index in [4.69, 9.17) is 4.42 Å². The quantitative estimate of drug-likeness (QED) is 0.683. The lowest BCUT2D eigenvalue weighted by atomic mass is 9.89. The Balaban J connectivity index is 1.86. The Bertz CT molecular complexity index is 926. The van der Waals surface area contributed by atoms with Crippen molar-refractivity contribution in [3.63, 3.8) is 0 Å². The molecule has 26 heavy (non-hydrogen) atoms. The third-order valence-corrected chi connectivity index (χ3v) is 4.88. The van der Waals surface area contributed by atoms with Crippen LogP contribution in [0.15, 0.2) is 69.9 Å². The molecule has 0 aliphatic heterocycles. The first-order valence-electron chi connectivity index (χ1n) is 9.05. The van der Waals surface area contributed by atoms with Crippen LogP contribution in [0.25, 0.3) is 0 Å². The minimum Gasteiger partial charge on any atom is -0.507 e. The van der Waals surface area contributed by atoms with Gasteiger partial charge in [0.1, 0.15) is 11.5 Å². The van der Waals surface area contributed by atoms with Gasteiger partial charge >= 0.3 is 5.63 Å². The molecule has 3 rings (SSSR count). The summed E-state index contributed by atoms with van der Waals surface area (Å²) in [5, 5.41) is 10.5. The minimum absolute atomic E-state index is 0.0248. The number of hydrogen-bond donors (Lipinski definition) is 1. The van der Waals surface area contributed by atoms with Gasteiger partial charge in [-0.1, -0.05) is 61.5 Å². The molecule has 1 aromatic heterocycles. The number of hydrogen-bond acceptors (Lipinski definition) is 3. The largest absolute Gasteiger partial charge is 0.507 e. The van der Waals surface area contributed by atoms with E-state index in [9.17, 15) is 9.90 Å². The second kappa shape index (κ2) is 8.05. The highest BCUT2D eigenvalue weighted by atomic mass is 16.4. The fourth-order valence-corrected chi connectivity index (χ4v) is 3.42. The van der Waals surface area contributed by atoms with Gasteiger partial charge in [0.05, 0.1) is 5.56 Å². The Morgan fingerprint density at radius 1 is 1.00 bits per heavy atom. The zero-order valence-corrected chi connectivity index (χ0v) is 15.2. The van der Waals surface area contributed by atoms with Crippen LogP contribution < -0.4 is 5.63 Å². The van der Waals surface area contributed by atoms with Crippen molar-refractivity contribution in [2.45, 2.75) is 39.0 Å². The maximum absolute atomic E-state index is 12.6. The summed E-state index contributed by atoms with van der Waals surface area (Å²) in [7, 11) is 0. The summed E-state index contributed by atoms with van der Waals surface area (Å²) in [6.07, 6.45) is 2.06. The van der Waals surface area contributed by atoms with Crippen LogP contribution in [0.5, 0.6) is 5.75 Å². The van der Waals surface area contributed by atoms with E-state index in [0.717, 1.165) is 12.0 Å². The summed E-state index contributed by atoms with van der Waals surface area (Å²) in [6, 6.07) is 19.5. The third kappa shape index (κ3) is 3.88. The predicted octanol–water partition coefficient (Wildman–Crippen LogP) is 4.98. The molecule has 0 saturated heterocycles. The van der Waals surface area contributed by atoms with Crippen LogP contribution in [-0.2, 0) is 12.8 Å². The molecule has 3 nitrogen and oxygen atoms in total. The van der Waals surface area contributed by atoms with Gasteiger partial charge in [0, 0.05) is 18.4 Å². The van der Waals surface area contributed by atoms with Crippen molar-refractivity contribution in [2.24, 2.45) is 0 Å². The average Bonchev–Trinajstić information content (AvgIpc) is 2.64. The normalized spacial score (nSPS) is 12.1. The molecule has 1 heterocycles. The number of aromatic hydroxyl groups is 1. The standard InChI is InChI=1S/C23H24O3/c1-3-20(18-11-5-4-6-12-18)22-21(24)15-19(26-23(22)25)14-13-17-10-8-7-9-16(17)2/h4-12,15,20,24H,3,13-14H2,1-2H3.